The van der Waals surface area contributed by atoms with Crippen molar-refractivity contribution < 1.29 is 14.3 Å². The molecule has 152 valence electrons. The summed E-state index contributed by atoms with van der Waals surface area (Å²) < 4.78 is 6.81. The van der Waals surface area contributed by atoms with Crippen LogP contribution in [0.15, 0.2) is 6.07 Å². The lowest BCUT2D eigenvalue weighted by molar-refractivity contribution is 0.0600. The van der Waals surface area contributed by atoms with E-state index >= 15 is 0 Å². The second-order valence-electron chi connectivity index (χ2n) is 8.36. The van der Waals surface area contributed by atoms with Crippen LogP contribution in [0.5, 0.6) is 0 Å². The maximum absolute atomic E-state index is 12.8. The first-order chi connectivity index (χ1) is 13.0. The SMILES string of the molecule is CCn1nc(C(=O)Nc2sc3c(c2C(=O)OC)CC(C)(C)NC3(C)C)cc1C. The fourth-order valence-electron chi connectivity index (χ4n) is 4.04. The molecular weight excluding hydrogens is 376 g/mol. The topological polar surface area (TPSA) is 85.2 Å². The lowest BCUT2D eigenvalue weighted by Gasteiger charge is -2.42. The summed E-state index contributed by atoms with van der Waals surface area (Å²) in [6.45, 7) is 13.0. The smallest absolute Gasteiger partial charge is 0.341 e. The van der Waals surface area contributed by atoms with Gasteiger partial charge in [-0.15, -0.1) is 11.3 Å². The van der Waals surface area contributed by atoms with Gasteiger partial charge in [0.25, 0.3) is 5.91 Å². The second kappa shape index (κ2) is 7.00. The number of ether oxygens (including phenoxy) is 1. The molecule has 1 aliphatic heterocycles. The fraction of sp³-hybridized carbons (Fsp3) is 0.550. The molecule has 0 unspecified atom stereocenters. The summed E-state index contributed by atoms with van der Waals surface area (Å²) in [5.74, 6) is -0.763. The molecule has 0 fully saturated rings. The quantitative estimate of drug-likeness (QED) is 0.762. The van der Waals surface area contributed by atoms with Crippen LogP contribution in [0.2, 0.25) is 0 Å². The highest BCUT2D eigenvalue weighted by atomic mass is 32.1. The number of nitrogens with one attached hydrogen (secondary N) is 2. The Bertz CT molecular complexity index is 940. The van der Waals surface area contributed by atoms with Crippen molar-refractivity contribution in [3.05, 3.63) is 33.5 Å². The Morgan fingerprint density at radius 3 is 2.61 bits per heavy atom. The summed E-state index contributed by atoms with van der Waals surface area (Å²) in [5, 5.41) is 11.4. The highest BCUT2D eigenvalue weighted by molar-refractivity contribution is 7.17. The number of rotatable bonds is 4. The summed E-state index contributed by atoms with van der Waals surface area (Å²) in [7, 11) is 1.36. The third-order valence-corrected chi connectivity index (χ3v) is 6.45. The number of amides is 1. The zero-order valence-corrected chi connectivity index (χ0v) is 18.3. The van der Waals surface area contributed by atoms with E-state index in [4.69, 9.17) is 4.74 Å². The van der Waals surface area contributed by atoms with Crippen molar-refractivity contribution in [2.75, 3.05) is 12.4 Å². The molecule has 0 saturated heterocycles. The molecule has 0 saturated carbocycles. The number of methoxy groups -OCH3 is 1. The number of anilines is 1. The van der Waals surface area contributed by atoms with Gasteiger partial charge in [0.15, 0.2) is 5.69 Å². The first kappa shape index (κ1) is 20.5. The first-order valence-electron chi connectivity index (χ1n) is 9.38. The monoisotopic (exact) mass is 404 g/mol. The van der Waals surface area contributed by atoms with Crippen molar-refractivity contribution in [1.82, 2.24) is 15.1 Å². The van der Waals surface area contributed by atoms with E-state index in [1.54, 1.807) is 10.7 Å². The Morgan fingerprint density at radius 1 is 1.36 bits per heavy atom. The molecule has 2 aromatic rings. The molecule has 0 aliphatic carbocycles. The second-order valence-corrected chi connectivity index (χ2v) is 9.38. The number of carbonyl (C=O) groups is 2. The largest absolute Gasteiger partial charge is 0.465 e. The van der Waals surface area contributed by atoms with E-state index in [9.17, 15) is 9.59 Å². The predicted octanol–water partition coefficient (Wildman–Crippen LogP) is 3.47. The van der Waals surface area contributed by atoms with Crippen LogP contribution in [0.1, 0.15) is 71.6 Å². The van der Waals surface area contributed by atoms with E-state index in [1.165, 1.54) is 18.4 Å². The Hall–Kier alpha value is -2.19. The van der Waals surface area contributed by atoms with E-state index < -0.39 is 5.97 Å². The molecule has 0 radical (unpaired) electrons. The van der Waals surface area contributed by atoms with Crippen molar-refractivity contribution in [1.29, 1.82) is 0 Å². The van der Waals surface area contributed by atoms with Crippen LogP contribution < -0.4 is 10.6 Å². The summed E-state index contributed by atoms with van der Waals surface area (Å²) in [6, 6.07) is 1.75. The van der Waals surface area contributed by atoms with Gasteiger partial charge in [-0.05, 0) is 59.6 Å². The molecule has 28 heavy (non-hydrogen) atoms. The minimum absolute atomic E-state index is 0.182. The normalized spacial score (nSPS) is 17.1. The van der Waals surface area contributed by atoms with E-state index in [0.717, 1.165) is 16.1 Å². The van der Waals surface area contributed by atoms with Gasteiger partial charge >= 0.3 is 5.97 Å². The van der Waals surface area contributed by atoms with Crippen LogP contribution in [-0.2, 0) is 23.2 Å². The van der Waals surface area contributed by atoms with E-state index in [1.807, 2.05) is 13.8 Å². The summed E-state index contributed by atoms with van der Waals surface area (Å²) in [4.78, 5) is 26.5. The van der Waals surface area contributed by atoms with Crippen molar-refractivity contribution in [3.8, 4) is 0 Å². The molecule has 2 aromatic heterocycles. The first-order valence-corrected chi connectivity index (χ1v) is 10.2. The Balaban J connectivity index is 2.05. The standard InChI is InChI=1S/C20H28N4O3S/c1-8-24-11(2)9-13(22-24)16(25)21-17-14(18(26)27-7)12-10-19(3,4)23-20(5,6)15(12)28-17/h9,23H,8,10H2,1-7H3,(H,21,25). The van der Waals surface area contributed by atoms with Crippen LogP contribution >= 0.6 is 11.3 Å². The zero-order valence-electron chi connectivity index (χ0n) is 17.5. The number of fused-ring (bicyclic) bond motifs is 1. The number of hydrogen-bond acceptors (Lipinski definition) is 6. The van der Waals surface area contributed by atoms with Gasteiger partial charge in [0, 0.05) is 28.2 Å². The highest BCUT2D eigenvalue weighted by Gasteiger charge is 2.42. The lowest BCUT2D eigenvalue weighted by atomic mass is 9.81. The molecule has 1 amide bonds. The van der Waals surface area contributed by atoms with E-state index in [0.29, 0.717) is 29.2 Å². The molecule has 0 atom stereocenters. The molecule has 3 heterocycles. The number of aryl methyl sites for hydroxylation is 2. The third-order valence-electron chi connectivity index (χ3n) is 4.97. The van der Waals surface area contributed by atoms with Crippen LogP contribution in [-0.4, -0.2) is 34.3 Å². The average molecular weight is 405 g/mol. The third kappa shape index (κ3) is 3.58. The van der Waals surface area contributed by atoms with Crippen LogP contribution in [0.4, 0.5) is 5.00 Å². The number of nitrogens with zero attached hydrogens (tertiary/aromatic N) is 2. The van der Waals surface area contributed by atoms with Gasteiger partial charge in [-0.2, -0.15) is 5.10 Å². The molecule has 0 aromatic carbocycles. The molecule has 8 heteroatoms. The highest BCUT2D eigenvalue weighted by Crippen LogP contribution is 2.45. The molecule has 7 nitrogen and oxygen atoms in total. The van der Waals surface area contributed by atoms with E-state index in [2.05, 4.69) is 43.4 Å². The van der Waals surface area contributed by atoms with Gasteiger partial charge in [-0.25, -0.2) is 4.79 Å². The number of aromatic nitrogens is 2. The van der Waals surface area contributed by atoms with Gasteiger partial charge < -0.3 is 15.4 Å². The van der Waals surface area contributed by atoms with Gasteiger partial charge in [0.2, 0.25) is 0 Å². The maximum atomic E-state index is 12.8. The minimum Gasteiger partial charge on any atom is -0.465 e. The lowest BCUT2D eigenvalue weighted by Crippen LogP contribution is -2.55. The van der Waals surface area contributed by atoms with Crippen LogP contribution in [0.25, 0.3) is 0 Å². The van der Waals surface area contributed by atoms with Crippen molar-refractivity contribution >= 4 is 28.2 Å². The van der Waals surface area contributed by atoms with Crippen molar-refractivity contribution in [2.45, 2.75) is 65.6 Å². The molecule has 0 spiro atoms. The number of esters is 1. The van der Waals surface area contributed by atoms with Crippen molar-refractivity contribution in [3.63, 3.8) is 0 Å². The summed E-state index contributed by atoms with van der Waals surface area (Å²) in [5.41, 5.74) is 2.13. The number of carbonyl (C=O) groups excluding carboxylic acids is 2. The number of hydrogen-bond donors (Lipinski definition) is 2. The van der Waals surface area contributed by atoms with Gasteiger partial charge in [0.05, 0.1) is 12.7 Å². The predicted molar refractivity (Wildman–Crippen MR) is 110 cm³/mol. The Kier molecular flexibility index (Phi) is 5.14. The van der Waals surface area contributed by atoms with E-state index in [-0.39, 0.29) is 17.0 Å². The molecule has 0 bridgehead atoms. The van der Waals surface area contributed by atoms with Gasteiger partial charge in [0.1, 0.15) is 5.00 Å². The van der Waals surface area contributed by atoms with Crippen molar-refractivity contribution in [2.24, 2.45) is 0 Å². The van der Waals surface area contributed by atoms with Gasteiger partial charge in [-0.1, -0.05) is 0 Å². The molecule has 2 N–H and O–H groups in total. The fourth-order valence-corrected chi connectivity index (χ4v) is 5.30. The Morgan fingerprint density at radius 2 is 2.04 bits per heavy atom. The van der Waals surface area contributed by atoms with Gasteiger partial charge in [-0.3, -0.25) is 9.48 Å². The summed E-state index contributed by atoms with van der Waals surface area (Å²) >= 11 is 1.42. The number of thiophene rings is 1. The average Bonchev–Trinajstić information content (AvgIpc) is 3.13. The Labute approximate surface area is 169 Å². The molecular formula is C20H28N4O3S. The zero-order chi connectivity index (χ0) is 20.9. The molecule has 3 rings (SSSR count). The minimum atomic E-state index is -0.434. The van der Waals surface area contributed by atoms with Crippen LogP contribution in [0, 0.1) is 6.92 Å². The maximum Gasteiger partial charge on any atom is 0.341 e. The van der Waals surface area contributed by atoms with Crippen LogP contribution in [0.3, 0.4) is 0 Å². The summed E-state index contributed by atoms with van der Waals surface area (Å²) in [6.07, 6.45) is 0.673. The molecule has 1 aliphatic rings.